The first-order chi connectivity index (χ1) is 40.6. The molecule has 0 rings (SSSR count). The molecule has 0 bridgehead atoms. The number of esters is 2. The van der Waals surface area contributed by atoms with Crippen LogP contribution in [0.3, 0.4) is 0 Å². The van der Waals surface area contributed by atoms with Gasteiger partial charge >= 0.3 is 11.9 Å². The second-order valence-corrected chi connectivity index (χ2v) is 23.9. The second-order valence-electron chi connectivity index (χ2n) is 23.9. The lowest BCUT2D eigenvalue weighted by molar-refractivity contribution is -0.161. The van der Waals surface area contributed by atoms with E-state index in [1.807, 2.05) is 0 Å². The van der Waals surface area contributed by atoms with Crippen LogP contribution >= 0.6 is 0 Å². The molecule has 474 valence electrons. The highest BCUT2D eigenvalue weighted by Crippen LogP contribution is 2.19. The minimum absolute atomic E-state index is 0.0630. The molecule has 0 saturated carbocycles. The fourth-order valence-corrected chi connectivity index (χ4v) is 10.6. The summed E-state index contributed by atoms with van der Waals surface area (Å²) in [6.45, 7) is 3.96. The molecular weight excluding hydrogens is 1000 g/mol. The largest absolute Gasteiger partial charge is 0.462 e. The minimum Gasteiger partial charge on any atom is -0.462 e. The lowest BCUT2D eigenvalue weighted by Gasteiger charge is -2.15. The molecule has 1 N–H and O–H groups in total. The number of unbranched alkanes of at least 4 members (excludes halogenated alkanes) is 42. The van der Waals surface area contributed by atoms with E-state index in [0.29, 0.717) is 12.8 Å². The second kappa shape index (κ2) is 72.1. The number of ether oxygens (including phenoxy) is 2. The van der Waals surface area contributed by atoms with Crippen molar-refractivity contribution in [2.45, 2.75) is 367 Å². The molecule has 0 amide bonds. The highest BCUT2D eigenvalue weighted by molar-refractivity contribution is 5.70. The van der Waals surface area contributed by atoms with Crippen molar-refractivity contribution in [3.05, 3.63) is 97.2 Å². The standard InChI is InChI=1S/C77H136O5/c1-3-5-7-9-11-13-15-17-19-21-23-25-27-29-31-33-35-37-38-40-42-44-46-48-50-52-54-56-58-60-62-64-66-68-70-72-77(80)82-75(73-78)74-81-76(79)71-69-67-65-63-61-59-57-55-53-51-49-47-45-43-41-39-36-34-32-30-28-26-24-22-20-18-16-14-12-10-8-6-4-2/h5-8,11-14,17-20,23-26,75,78H,3-4,9-10,15-16,21-22,27-74H2,1-2H3/b7-5-,8-6-,13-11-,14-12-,19-17-,20-18-,25-23-,26-24-. The summed E-state index contributed by atoms with van der Waals surface area (Å²) in [5, 5.41) is 9.71. The average molecular weight is 1140 g/mol. The highest BCUT2D eigenvalue weighted by atomic mass is 16.6. The number of hydrogen-bond acceptors (Lipinski definition) is 5. The quantitative estimate of drug-likeness (QED) is 0.0373. The van der Waals surface area contributed by atoms with Gasteiger partial charge in [0.05, 0.1) is 6.61 Å². The van der Waals surface area contributed by atoms with Gasteiger partial charge in [-0.25, -0.2) is 0 Å². The summed E-state index contributed by atoms with van der Waals surface area (Å²) in [6, 6.07) is 0. The number of aliphatic hydroxyl groups excluding tert-OH is 1. The van der Waals surface area contributed by atoms with Gasteiger partial charge in [-0.05, 0) is 89.9 Å². The molecule has 5 nitrogen and oxygen atoms in total. The van der Waals surface area contributed by atoms with Gasteiger partial charge in [0.2, 0.25) is 0 Å². The number of rotatable bonds is 66. The fraction of sp³-hybridized carbons (Fsp3) is 0.766. The Bertz CT molecular complexity index is 1530. The van der Waals surface area contributed by atoms with E-state index < -0.39 is 6.10 Å². The maximum Gasteiger partial charge on any atom is 0.306 e. The number of hydrogen-bond donors (Lipinski definition) is 1. The van der Waals surface area contributed by atoms with Gasteiger partial charge in [-0.15, -0.1) is 0 Å². The van der Waals surface area contributed by atoms with Crippen LogP contribution in [-0.4, -0.2) is 36.4 Å². The molecule has 5 heteroatoms. The van der Waals surface area contributed by atoms with Crippen LogP contribution in [0.1, 0.15) is 361 Å². The zero-order chi connectivity index (χ0) is 59.1. The van der Waals surface area contributed by atoms with Gasteiger partial charge in [-0.3, -0.25) is 9.59 Å². The molecule has 0 heterocycles. The topological polar surface area (TPSA) is 72.8 Å². The normalized spacial score (nSPS) is 12.8. The van der Waals surface area contributed by atoms with E-state index in [1.165, 1.54) is 244 Å². The summed E-state index contributed by atoms with van der Waals surface area (Å²) in [6.07, 6.45) is 103. The van der Waals surface area contributed by atoms with Gasteiger partial charge in [0.25, 0.3) is 0 Å². The zero-order valence-corrected chi connectivity index (χ0v) is 54.5. The van der Waals surface area contributed by atoms with E-state index in [-0.39, 0.29) is 25.2 Å². The Balaban J connectivity index is 3.41. The Morgan fingerprint density at radius 3 is 0.732 bits per heavy atom. The van der Waals surface area contributed by atoms with Crippen molar-refractivity contribution >= 4 is 11.9 Å². The molecule has 0 aromatic carbocycles. The van der Waals surface area contributed by atoms with Crippen molar-refractivity contribution in [3.63, 3.8) is 0 Å². The van der Waals surface area contributed by atoms with Gasteiger partial charge in [-0.1, -0.05) is 355 Å². The Kier molecular flexibility index (Phi) is 69.3. The van der Waals surface area contributed by atoms with Crippen LogP contribution in [0.15, 0.2) is 97.2 Å². The lowest BCUT2D eigenvalue weighted by atomic mass is 10.0. The minimum atomic E-state index is -0.774. The number of carbonyl (C=O) groups is 2. The summed E-state index contributed by atoms with van der Waals surface area (Å²) < 4.78 is 10.8. The van der Waals surface area contributed by atoms with E-state index in [2.05, 4.69) is 111 Å². The van der Waals surface area contributed by atoms with E-state index >= 15 is 0 Å². The Morgan fingerprint density at radius 2 is 0.488 bits per heavy atom. The number of aliphatic hydroxyl groups is 1. The van der Waals surface area contributed by atoms with E-state index in [9.17, 15) is 14.7 Å². The predicted molar refractivity (Wildman–Crippen MR) is 362 cm³/mol. The van der Waals surface area contributed by atoms with Crippen LogP contribution in [0.25, 0.3) is 0 Å². The first-order valence-electron chi connectivity index (χ1n) is 35.8. The van der Waals surface area contributed by atoms with Gasteiger partial charge in [0.1, 0.15) is 6.61 Å². The molecule has 0 aliphatic heterocycles. The molecule has 0 radical (unpaired) electrons. The molecular formula is C77H136O5. The molecule has 0 aliphatic carbocycles. The van der Waals surface area contributed by atoms with Crippen molar-refractivity contribution < 1.29 is 24.2 Å². The van der Waals surface area contributed by atoms with E-state index in [1.54, 1.807) is 0 Å². The van der Waals surface area contributed by atoms with Gasteiger partial charge in [0, 0.05) is 12.8 Å². The summed E-state index contributed by atoms with van der Waals surface area (Å²) in [5.74, 6) is -0.572. The average Bonchev–Trinajstić information content (AvgIpc) is 3.49. The van der Waals surface area contributed by atoms with Crippen LogP contribution in [0.2, 0.25) is 0 Å². The fourth-order valence-electron chi connectivity index (χ4n) is 10.6. The van der Waals surface area contributed by atoms with Crippen molar-refractivity contribution in [1.29, 1.82) is 0 Å². The monoisotopic (exact) mass is 1140 g/mol. The zero-order valence-electron chi connectivity index (χ0n) is 54.5. The molecule has 0 spiro atoms. The third-order valence-electron chi connectivity index (χ3n) is 15.9. The Labute approximate surface area is 510 Å². The molecule has 0 aromatic rings. The maximum atomic E-state index is 12.4. The Morgan fingerprint density at radius 1 is 0.280 bits per heavy atom. The smallest absolute Gasteiger partial charge is 0.306 e. The lowest BCUT2D eigenvalue weighted by Crippen LogP contribution is -2.28. The molecule has 82 heavy (non-hydrogen) atoms. The van der Waals surface area contributed by atoms with Gasteiger partial charge in [-0.2, -0.15) is 0 Å². The highest BCUT2D eigenvalue weighted by Gasteiger charge is 2.16. The van der Waals surface area contributed by atoms with Gasteiger partial charge in [0.15, 0.2) is 6.10 Å². The number of allylic oxidation sites excluding steroid dienone is 16. The number of carbonyl (C=O) groups excluding carboxylic acids is 2. The van der Waals surface area contributed by atoms with Crippen LogP contribution in [0, 0.1) is 0 Å². The van der Waals surface area contributed by atoms with Crippen molar-refractivity contribution in [1.82, 2.24) is 0 Å². The summed E-state index contributed by atoms with van der Waals surface area (Å²) in [7, 11) is 0. The molecule has 0 fully saturated rings. The van der Waals surface area contributed by atoms with Crippen molar-refractivity contribution in [2.24, 2.45) is 0 Å². The Hall–Kier alpha value is -3.18. The molecule has 0 aliphatic rings. The van der Waals surface area contributed by atoms with Crippen LogP contribution in [0.4, 0.5) is 0 Å². The maximum absolute atomic E-state index is 12.4. The van der Waals surface area contributed by atoms with Crippen LogP contribution < -0.4 is 0 Å². The third kappa shape index (κ3) is 69.3. The predicted octanol–water partition coefficient (Wildman–Crippen LogP) is 25.0. The third-order valence-corrected chi connectivity index (χ3v) is 15.9. The molecule has 0 aromatic heterocycles. The summed E-state index contributed by atoms with van der Waals surface area (Å²) in [5.41, 5.74) is 0. The van der Waals surface area contributed by atoms with Crippen molar-refractivity contribution in [3.8, 4) is 0 Å². The summed E-state index contributed by atoms with van der Waals surface area (Å²) >= 11 is 0. The summed E-state index contributed by atoms with van der Waals surface area (Å²) in [4.78, 5) is 24.7. The SMILES string of the molecule is CC/C=C\C/C=C\C/C=C\C/C=C\CCCCCCCCCCCCCCCCCCCCCCCCC(=O)OC(CO)COC(=O)CCCCCCCCCCCCCCCCCCCCCC/C=C\C/C=C\C/C=C\C/C=C\CC. The molecule has 0 saturated heterocycles. The van der Waals surface area contributed by atoms with Crippen LogP contribution in [0.5, 0.6) is 0 Å². The van der Waals surface area contributed by atoms with Gasteiger partial charge < -0.3 is 14.6 Å². The van der Waals surface area contributed by atoms with E-state index in [4.69, 9.17) is 9.47 Å². The van der Waals surface area contributed by atoms with Crippen molar-refractivity contribution in [2.75, 3.05) is 13.2 Å². The first-order valence-corrected chi connectivity index (χ1v) is 35.8. The molecule has 1 unspecified atom stereocenters. The van der Waals surface area contributed by atoms with E-state index in [0.717, 1.165) is 89.9 Å². The first kappa shape index (κ1) is 78.8. The van der Waals surface area contributed by atoms with Crippen LogP contribution in [-0.2, 0) is 19.1 Å². The molecule has 1 atom stereocenters.